The summed E-state index contributed by atoms with van der Waals surface area (Å²) in [5.74, 6) is 0.347. The second-order valence-corrected chi connectivity index (χ2v) is 6.69. The molecular formula is C19H20N2O5S. The summed E-state index contributed by atoms with van der Waals surface area (Å²) in [4.78, 5) is 24.3. The minimum atomic E-state index is -0.841. The van der Waals surface area contributed by atoms with Crippen molar-refractivity contribution in [1.82, 2.24) is 5.43 Å². The molecule has 0 unspecified atom stereocenters. The van der Waals surface area contributed by atoms with Crippen molar-refractivity contribution >= 4 is 30.0 Å². The highest BCUT2D eigenvalue weighted by atomic mass is 32.2. The predicted octanol–water partition coefficient (Wildman–Crippen LogP) is 3.47. The van der Waals surface area contributed by atoms with Crippen molar-refractivity contribution in [3.05, 3.63) is 54.1 Å². The summed E-state index contributed by atoms with van der Waals surface area (Å²) in [5.41, 5.74) is 3.17. The number of thioether (sulfide) groups is 1. The summed E-state index contributed by atoms with van der Waals surface area (Å²) in [6.07, 6.45) is 0.634. The number of amides is 1. The molecule has 0 radical (unpaired) electrons. The molecule has 27 heavy (non-hydrogen) atoms. The second kappa shape index (κ2) is 10.2. The van der Waals surface area contributed by atoms with Gasteiger partial charge in [-0.1, -0.05) is 18.2 Å². The third-order valence-electron chi connectivity index (χ3n) is 3.36. The van der Waals surface area contributed by atoms with Crippen LogP contribution < -0.4 is 14.9 Å². The maximum absolute atomic E-state index is 12.1. The molecule has 0 aliphatic heterocycles. The van der Waals surface area contributed by atoms with E-state index in [9.17, 15) is 9.59 Å². The lowest BCUT2D eigenvalue weighted by Gasteiger charge is -2.10. The third kappa shape index (κ3) is 6.34. The molecule has 0 aromatic heterocycles. The van der Waals surface area contributed by atoms with E-state index in [1.54, 1.807) is 18.2 Å². The number of hydrogen-bond acceptors (Lipinski definition) is 7. The molecule has 7 nitrogen and oxygen atoms in total. The standard InChI is InChI=1S/C19H20N2O5S/c1-13(27-15-7-5-4-6-8-15)18(22)21-20-12-14-9-10-16(17(11-14)24-2)26-19(23)25-3/h4-13H,1-3H3,(H,21,22)/b20-12-/t13-/m1/s1. The highest BCUT2D eigenvalue weighted by Gasteiger charge is 2.13. The fourth-order valence-electron chi connectivity index (χ4n) is 2.00. The van der Waals surface area contributed by atoms with Crippen LogP contribution in [0.2, 0.25) is 0 Å². The van der Waals surface area contributed by atoms with Gasteiger partial charge in [-0.3, -0.25) is 4.79 Å². The number of carbonyl (C=O) groups is 2. The Morgan fingerprint density at radius 3 is 2.52 bits per heavy atom. The Morgan fingerprint density at radius 1 is 1.11 bits per heavy atom. The molecule has 0 saturated carbocycles. The van der Waals surface area contributed by atoms with Crippen LogP contribution in [0.4, 0.5) is 4.79 Å². The average molecular weight is 388 g/mol. The summed E-state index contributed by atoms with van der Waals surface area (Å²) >= 11 is 1.45. The van der Waals surface area contributed by atoms with Gasteiger partial charge in [0, 0.05) is 4.90 Å². The summed E-state index contributed by atoms with van der Waals surface area (Å²) in [6, 6.07) is 14.5. The van der Waals surface area contributed by atoms with E-state index >= 15 is 0 Å². The summed E-state index contributed by atoms with van der Waals surface area (Å²) in [5, 5.41) is 3.66. The monoisotopic (exact) mass is 388 g/mol. The van der Waals surface area contributed by atoms with Gasteiger partial charge in [0.1, 0.15) is 0 Å². The fourth-order valence-corrected chi connectivity index (χ4v) is 2.88. The average Bonchev–Trinajstić information content (AvgIpc) is 2.69. The van der Waals surface area contributed by atoms with Gasteiger partial charge in [-0.05, 0) is 42.8 Å². The molecule has 0 spiro atoms. The number of carbonyl (C=O) groups excluding carboxylic acids is 2. The lowest BCUT2D eigenvalue weighted by atomic mass is 10.2. The van der Waals surface area contributed by atoms with E-state index in [2.05, 4.69) is 15.3 Å². The van der Waals surface area contributed by atoms with E-state index in [4.69, 9.17) is 9.47 Å². The van der Waals surface area contributed by atoms with E-state index in [-0.39, 0.29) is 16.9 Å². The number of benzene rings is 2. The number of rotatable bonds is 7. The van der Waals surface area contributed by atoms with Crippen LogP contribution in [-0.2, 0) is 9.53 Å². The topological polar surface area (TPSA) is 86.2 Å². The number of ether oxygens (including phenoxy) is 3. The third-order valence-corrected chi connectivity index (χ3v) is 4.47. The summed E-state index contributed by atoms with van der Waals surface area (Å²) < 4.78 is 14.6. The minimum Gasteiger partial charge on any atom is -0.493 e. The van der Waals surface area contributed by atoms with Crippen molar-refractivity contribution < 1.29 is 23.8 Å². The maximum Gasteiger partial charge on any atom is 0.513 e. The van der Waals surface area contributed by atoms with Crippen LogP contribution in [-0.4, -0.2) is 37.7 Å². The van der Waals surface area contributed by atoms with Gasteiger partial charge in [0.15, 0.2) is 11.5 Å². The molecule has 8 heteroatoms. The fraction of sp³-hybridized carbons (Fsp3) is 0.211. The van der Waals surface area contributed by atoms with Crippen LogP contribution in [0.3, 0.4) is 0 Å². The van der Waals surface area contributed by atoms with Gasteiger partial charge in [0.05, 0.1) is 25.7 Å². The van der Waals surface area contributed by atoms with E-state index in [1.165, 1.54) is 32.2 Å². The van der Waals surface area contributed by atoms with E-state index in [0.29, 0.717) is 11.3 Å². The lowest BCUT2D eigenvalue weighted by Crippen LogP contribution is -2.26. The molecule has 0 saturated heterocycles. The first-order valence-corrected chi connectivity index (χ1v) is 8.90. The lowest BCUT2D eigenvalue weighted by molar-refractivity contribution is -0.120. The SMILES string of the molecule is COC(=O)Oc1ccc(/C=N\NC(=O)[C@@H](C)Sc2ccccc2)cc1OC. The Labute approximate surface area is 161 Å². The second-order valence-electron chi connectivity index (χ2n) is 5.27. The Hall–Kier alpha value is -3.00. The molecule has 2 rings (SSSR count). The van der Waals surface area contributed by atoms with Crippen LogP contribution in [0.1, 0.15) is 12.5 Å². The van der Waals surface area contributed by atoms with Crippen molar-refractivity contribution in [2.24, 2.45) is 5.10 Å². The smallest absolute Gasteiger partial charge is 0.493 e. The van der Waals surface area contributed by atoms with Crippen molar-refractivity contribution in [3.63, 3.8) is 0 Å². The summed E-state index contributed by atoms with van der Waals surface area (Å²) in [7, 11) is 2.67. The Kier molecular flexibility index (Phi) is 7.69. The highest BCUT2D eigenvalue weighted by molar-refractivity contribution is 8.00. The molecule has 0 heterocycles. The Morgan fingerprint density at radius 2 is 1.85 bits per heavy atom. The minimum absolute atomic E-state index is 0.210. The van der Waals surface area contributed by atoms with Gasteiger partial charge in [-0.15, -0.1) is 11.8 Å². The van der Waals surface area contributed by atoms with Crippen molar-refractivity contribution in [2.45, 2.75) is 17.1 Å². The molecule has 1 N–H and O–H groups in total. The van der Waals surface area contributed by atoms with Crippen molar-refractivity contribution in [2.75, 3.05) is 14.2 Å². The molecule has 2 aromatic rings. The van der Waals surface area contributed by atoms with Gasteiger partial charge < -0.3 is 14.2 Å². The highest BCUT2D eigenvalue weighted by Crippen LogP contribution is 2.28. The molecule has 0 aliphatic rings. The van der Waals surface area contributed by atoms with Gasteiger partial charge in [0.25, 0.3) is 5.91 Å². The maximum atomic E-state index is 12.1. The quantitative estimate of drug-likeness (QED) is 0.257. The van der Waals surface area contributed by atoms with E-state index < -0.39 is 6.16 Å². The largest absolute Gasteiger partial charge is 0.513 e. The number of hydrogen-bond donors (Lipinski definition) is 1. The molecule has 142 valence electrons. The van der Waals surface area contributed by atoms with Gasteiger partial charge in [-0.2, -0.15) is 5.10 Å². The van der Waals surface area contributed by atoms with Crippen LogP contribution in [0.15, 0.2) is 58.5 Å². The molecule has 2 aromatic carbocycles. The molecule has 1 atom stereocenters. The first kappa shape index (κ1) is 20.3. The van der Waals surface area contributed by atoms with Crippen molar-refractivity contribution in [1.29, 1.82) is 0 Å². The normalized spacial score (nSPS) is 11.7. The van der Waals surface area contributed by atoms with Crippen LogP contribution in [0.5, 0.6) is 11.5 Å². The number of hydrazone groups is 1. The van der Waals surface area contributed by atoms with Gasteiger partial charge >= 0.3 is 6.16 Å². The van der Waals surface area contributed by atoms with Crippen LogP contribution in [0, 0.1) is 0 Å². The van der Waals surface area contributed by atoms with Crippen molar-refractivity contribution in [3.8, 4) is 11.5 Å². The van der Waals surface area contributed by atoms with Crippen LogP contribution >= 0.6 is 11.8 Å². The first-order chi connectivity index (χ1) is 13.0. The zero-order chi connectivity index (χ0) is 19.6. The van der Waals surface area contributed by atoms with Gasteiger partial charge in [-0.25, -0.2) is 10.2 Å². The molecule has 0 bridgehead atoms. The number of methoxy groups -OCH3 is 2. The number of nitrogens with zero attached hydrogens (tertiary/aromatic N) is 1. The predicted molar refractivity (Wildman–Crippen MR) is 104 cm³/mol. The zero-order valence-electron chi connectivity index (χ0n) is 15.2. The zero-order valence-corrected chi connectivity index (χ0v) is 16.0. The molecule has 0 aliphatic carbocycles. The van der Waals surface area contributed by atoms with E-state index in [1.807, 2.05) is 37.3 Å². The molecular weight excluding hydrogens is 368 g/mol. The molecule has 1 amide bonds. The number of nitrogens with one attached hydrogen (secondary N) is 1. The van der Waals surface area contributed by atoms with Gasteiger partial charge in [0.2, 0.25) is 0 Å². The Bertz CT molecular complexity index is 811. The first-order valence-electron chi connectivity index (χ1n) is 8.02. The van der Waals surface area contributed by atoms with Crippen LogP contribution in [0.25, 0.3) is 0 Å². The van der Waals surface area contributed by atoms with E-state index in [0.717, 1.165) is 4.90 Å². The Balaban J connectivity index is 1.94. The summed E-state index contributed by atoms with van der Waals surface area (Å²) in [6.45, 7) is 1.81. The molecule has 0 fully saturated rings.